The van der Waals surface area contributed by atoms with Crippen LogP contribution in [0.1, 0.15) is 59.8 Å². The molecule has 0 radical (unpaired) electrons. The first kappa shape index (κ1) is 14.2. The average molecular weight is 206 g/mol. The molecule has 0 aromatic carbocycles. The minimum Gasteiger partial charge on any atom is -0.100 e. The molecule has 0 aliphatic heterocycles. The Balaban J connectivity index is 3.65. The van der Waals surface area contributed by atoms with Gasteiger partial charge in [0.25, 0.3) is 0 Å². The van der Waals surface area contributed by atoms with E-state index in [4.69, 9.17) is 0 Å². The van der Waals surface area contributed by atoms with E-state index in [0.29, 0.717) is 0 Å². The van der Waals surface area contributed by atoms with Crippen molar-refractivity contribution in [3.05, 3.63) is 35.5 Å². The fourth-order valence-electron chi connectivity index (χ4n) is 1.46. The van der Waals surface area contributed by atoms with Gasteiger partial charge < -0.3 is 0 Å². The molecule has 0 aliphatic carbocycles. The van der Waals surface area contributed by atoms with E-state index in [-0.39, 0.29) is 0 Å². The van der Waals surface area contributed by atoms with E-state index < -0.39 is 0 Å². The van der Waals surface area contributed by atoms with Crippen LogP contribution in [0.25, 0.3) is 0 Å². The third-order valence-corrected chi connectivity index (χ3v) is 2.70. The first-order chi connectivity index (χ1) is 7.06. The Morgan fingerprint density at radius 1 is 1.00 bits per heavy atom. The number of hydrogen-bond donors (Lipinski definition) is 0. The molecule has 0 N–H and O–H groups in total. The highest BCUT2D eigenvalue weighted by Gasteiger charge is 1.92. The number of allylic oxidation sites excluding steroid dienone is 5. The molecule has 0 aromatic heterocycles. The van der Waals surface area contributed by atoms with E-state index in [9.17, 15) is 0 Å². The molecule has 0 saturated carbocycles. The summed E-state index contributed by atoms with van der Waals surface area (Å²) in [6.45, 7) is 12.6. The van der Waals surface area contributed by atoms with Crippen molar-refractivity contribution in [3.63, 3.8) is 0 Å². The van der Waals surface area contributed by atoms with Crippen LogP contribution in [0.15, 0.2) is 35.5 Å². The summed E-state index contributed by atoms with van der Waals surface area (Å²) in [5, 5.41) is 0. The van der Waals surface area contributed by atoms with Crippen molar-refractivity contribution in [2.24, 2.45) is 0 Å². The Morgan fingerprint density at radius 3 is 2.20 bits per heavy atom. The van der Waals surface area contributed by atoms with Crippen molar-refractivity contribution in [1.82, 2.24) is 0 Å². The normalized spacial score (nSPS) is 13.1. The molecule has 0 unspecified atom stereocenters. The maximum atomic E-state index is 3.92. The molecule has 0 amide bonds. The van der Waals surface area contributed by atoms with E-state index in [1.54, 1.807) is 0 Å². The second-order valence-corrected chi connectivity index (χ2v) is 4.53. The fraction of sp³-hybridized carbons (Fsp3) is 0.600. The minimum atomic E-state index is 1.17. The molecule has 0 saturated heterocycles. The maximum absolute atomic E-state index is 3.92. The van der Waals surface area contributed by atoms with Crippen molar-refractivity contribution in [2.45, 2.75) is 59.8 Å². The summed E-state index contributed by atoms with van der Waals surface area (Å²) in [4.78, 5) is 0. The number of hydrogen-bond acceptors (Lipinski definition) is 0. The summed E-state index contributed by atoms with van der Waals surface area (Å²) in [5.41, 5.74) is 4.31. The zero-order valence-corrected chi connectivity index (χ0v) is 10.9. The summed E-state index contributed by atoms with van der Waals surface area (Å²) in [7, 11) is 0. The second kappa shape index (κ2) is 8.52. The molecule has 86 valence electrons. The van der Waals surface area contributed by atoms with Crippen LogP contribution in [0.2, 0.25) is 0 Å². The van der Waals surface area contributed by atoms with Gasteiger partial charge in [0.15, 0.2) is 0 Å². The van der Waals surface area contributed by atoms with Gasteiger partial charge in [-0.25, -0.2) is 0 Å². The van der Waals surface area contributed by atoms with Gasteiger partial charge in [-0.15, -0.1) is 6.58 Å². The van der Waals surface area contributed by atoms with Gasteiger partial charge in [0.1, 0.15) is 0 Å². The Hall–Kier alpha value is -0.780. The highest BCUT2D eigenvalue weighted by Crippen LogP contribution is 2.12. The monoisotopic (exact) mass is 206 g/mol. The maximum Gasteiger partial charge on any atom is -0.0288 e. The molecule has 0 aromatic rings. The van der Waals surface area contributed by atoms with E-state index in [0.717, 1.165) is 0 Å². The van der Waals surface area contributed by atoms with Crippen LogP contribution < -0.4 is 0 Å². The Labute approximate surface area is 95.8 Å². The topological polar surface area (TPSA) is 0 Å². The largest absolute Gasteiger partial charge is 0.100 e. The van der Waals surface area contributed by atoms with Crippen molar-refractivity contribution < 1.29 is 0 Å². The van der Waals surface area contributed by atoms with Gasteiger partial charge in [-0.05, 0) is 59.8 Å². The predicted molar refractivity (Wildman–Crippen MR) is 71.1 cm³/mol. The first-order valence-electron chi connectivity index (χ1n) is 5.98. The van der Waals surface area contributed by atoms with Crippen molar-refractivity contribution >= 4 is 0 Å². The molecule has 0 rings (SSSR count). The van der Waals surface area contributed by atoms with Crippen molar-refractivity contribution in [3.8, 4) is 0 Å². The van der Waals surface area contributed by atoms with Crippen LogP contribution in [0, 0.1) is 0 Å². The molecular formula is C15H26. The van der Waals surface area contributed by atoms with E-state index in [2.05, 4.69) is 46.4 Å². The van der Waals surface area contributed by atoms with Crippen LogP contribution in [0.5, 0.6) is 0 Å². The molecule has 0 heteroatoms. The molecule has 0 fully saturated rings. The Kier molecular flexibility index (Phi) is 8.08. The summed E-state index contributed by atoms with van der Waals surface area (Å²) < 4.78 is 0. The highest BCUT2D eigenvalue weighted by molar-refractivity contribution is 5.03. The van der Waals surface area contributed by atoms with Gasteiger partial charge in [0, 0.05) is 0 Å². The lowest BCUT2D eigenvalue weighted by molar-refractivity contribution is 0.798. The summed E-state index contributed by atoms with van der Waals surface area (Å²) >= 11 is 0. The van der Waals surface area contributed by atoms with Crippen LogP contribution in [0.4, 0.5) is 0 Å². The SMILES string of the molecule is C=C(C)CCC/C(C)=C/CC/C(C)=C/C. The molecule has 15 heavy (non-hydrogen) atoms. The lowest BCUT2D eigenvalue weighted by Gasteiger charge is -2.02. The van der Waals surface area contributed by atoms with Crippen LogP contribution in [0.3, 0.4) is 0 Å². The lowest BCUT2D eigenvalue weighted by atomic mass is 10.0. The predicted octanol–water partition coefficient (Wildman–Crippen LogP) is 5.43. The van der Waals surface area contributed by atoms with Gasteiger partial charge in [0.2, 0.25) is 0 Å². The fourth-order valence-corrected chi connectivity index (χ4v) is 1.46. The molecule has 0 nitrogen and oxygen atoms in total. The lowest BCUT2D eigenvalue weighted by Crippen LogP contribution is -1.82. The van der Waals surface area contributed by atoms with Gasteiger partial charge in [0.05, 0.1) is 0 Å². The smallest absolute Gasteiger partial charge is 0.0288 e. The highest BCUT2D eigenvalue weighted by atomic mass is 14.0. The molecular weight excluding hydrogens is 180 g/mol. The third-order valence-electron chi connectivity index (χ3n) is 2.70. The summed E-state index contributed by atoms with van der Waals surface area (Å²) in [6, 6.07) is 0. The average Bonchev–Trinajstić information content (AvgIpc) is 2.17. The van der Waals surface area contributed by atoms with Crippen LogP contribution in [-0.2, 0) is 0 Å². The first-order valence-corrected chi connectivity index (χ1v) is 5.98. The molecule has 0 aliphatic rings. The van der Waals surface area contributed by atoms with E-state index in [1.807, 2.05) is 0 Å². The van der Waals surface area contributed by atoms with E-state index in [1.165, 1.54) is 48.8 Å². The Bertz CT molecular complexity index is 241. The molecule has 0 spiro atoms. The standard InChI is InChI=1S/C15H26/c1-6-14(4)10-8-12-15(5)11-7-9-13(2)3/h6,12H,2,7-11H2,1,3-5H3/b14-6+,15-12+. The van der Waals surface area contributed by atoms with Gasteiger partial charge in [-0.1, -0.05) is 28.9 Å². The number of rotatable bonds is 7. The zero-order valence-electron chi connectivity index (χ0n) is 10.9. The van der Waals surface area contributed by atoms with Gasteiger partial charge in [-0.2, -0.15) is 0 Å². The van der Waals surface area contributed by atoms with Crippen molar-refractivity contribution in [2.75, 3.05) is 0 Å². The van der Waals surface area contributed by atoms with Crippen LogP contribution >= 0.6 is 0 Å². The zero-order chi connectivity index (χ0) is 11.7. The molecule has 0 heterocycles. The molecule has 0 bridgehead atoms. The van der Waals surface area contributed by atoms with Crippen LogP contribution in [-0.4, -0.2) is 0 Å². The van der Waals surface area contributed by atoms with Gasteiger partial charge >= 0.3 is 0 Å². The third kappa shape index (κ3) is 9.52. The minimum absolute atomic E-state index is 1.17. The van der Waals surface area contributed by atoms with Crippen molar-refractivity contribution in [1.29, 1.82) is 0 Å². The summed E-state index contributed by atoms with van der Waals surface area (Å²) in [5.74, 6) is 0. The van der Waals surface area contributed by atoms with E-state index >= 15 is 0 Å². The second-order valence-electron chi connectivity index (χ2n) is 4.53. The van der Waals surface area contributed by atoms with Gasteiger partial charge in [-0.3, -0.25) is 0 Å². The molecule has 0 atom stereocenters. The Morgan fingerprint density at radius 2 is 1.67 bits per heavy atom. The summed E-state index contributed by atoms with van der Waals surface area (Å²) in [6.07, 6.45) is 10.6. The quantitative estimate of drug-likeness (QED) is 0.487.